The van der Waals surface area contributed by atoms with Crippen molar-refractivity contribution in [1.29, 1.82) is 0 Å². The van der Waals surface area contributed by atoms with Crippen LogP contribution in [-0.4, -0.2) is 20.2 Å². The SMILES string of the molecule is COc1ccc(C(F)F)c(C2CCCNC2)c1. The average Bonchev–Trinajstić information content (AvgIpc) is 2.39. The fourth-order valence-electron chi connectivity index (χ4n) is 2.35. The Kier molecular flexibility index (Phi) is 3.94. The maximum Gasteiger partial charge on any atom is 0.264 e. The Balaban J connectivity index is 2.33. The molecule has 0 radical (unpaired) electrons. The predicted molar refractivity (Wildman–Crippen MR) is 62.8 cm³/mol. The van der Waals surface area contributed by atoms with Gasteiger partial charge in [-0.2, -0.15) is 0 Å². The lowest BCUT2D eigenvalue weighted by Gasteiger charge is -2.25. The first-order chi connectivity index (χ1) is 8.22. The molecular weight excluding hydrogens is 224 g/mol. The molecule has 94 valence electrons. The van der Waals surface area contributed by atoms with Crippen molar-refractivity contribution in [2.45, 2.75) is 25.2 Å². The zero-order valence-electron chi connectivity index (χ0n) is 9.88. The molecule has 4 heteroatoms. The molecule has 1 heterocycles. The van der Waals surface area contributed by atoms with E-state index in [1.807, 2.05) is 0 Å². The van der Waals surface area contributed by atoms with Gasteiger partial charge in [0.2, 0.25) is 0 Å². The van der Waals surface area contributed by atoms with Crippen LogP contribution in [0.4, 0.5) is 8.78 Å². The van der Waals surface area contributed by atoms with Gasteiger partial charge in [0.15, 0.2) is 0 Å². The van der Waals surface area contributed by atoms with Gasteiger partial charge in [0, 0.05) is 12.1 Å². The molecule has 2 nitrogen and oxygen atoms in total. The molecule has 1 aromatic carbocycles. The Bertz CT molecular complexity index is 376. The summed E-state index contributed by atoms with van der Waals surface area (Å²) >= 11 is 0. The number of alkyl halides is 2. The van der Waals surface area contributed by atoms with E-state index in [4.69, 9.17) is 4.74 Å². The summed E-state index contributed by atoms with van der Waals surface area (Å²) < 4.78 is 31.0. The quantitative estimate of drug-likeness (QED) is 0.878. The number of methoxy groups -OCH3 is 1. The summed E-state index contributed by atoms with van der Waals surface area (Å²) in [5.41, 5.74) is 0.867. The summed E-state index contributed by atoms with van der Waals surface area (Å²) in [5.74, 6) is 0.817. The van der Waals surface area contributed by atoms with Crippen molar-refractivity contribution in [2.75, 3.05) is 20.2 Å². The molecule has 0 spiro atoms. The molecule has 1 unspecified atom stereocenters. The van der Waals surface area contributed by atoms with Gasteiger partial charge in [0.1, 0.15) is 5.75 Å². The maximum atomic E-state index is 13.0. The van der Waals surface area contributed by atoms with E-state index in [2.05, 4.69) is 5.32 Å². The minimum absolute atomic E-state index is 0.138. The highest BCUT2D eigenvalue weighted by molar-refractivity contribution is 5.39. The average molecular weight is 241 g/mol. The van der Waals surface area contributed by atoms with Crippen LogP contribution >= 0.6 is 0 Å². The first-order valence-electron chi connectivity index (χ1n) is 5.89. The van der Waals surface area contributed by atoms with Gasteiger partial charge in [-0.05, 0) is 49.1 Å². The van der Waals surface area contributed by atoms with Crippen LogP contribution in [-0.2, 0) is 0 Å². The van der Waals surface area contributed by atoms with E-state index < -0.39 is 6.43 Å². The standard InChI is InChI=1S/C13H17F2NO/c1-17-10-4-5-11(13(14)15)12(7-10)9-3-2-6-16-8-9/h4-5,7,9,13,16H,2-3,6,8H2,1H3. The molecular formula is C13H17F2NO. The molecule has 0 aromatic heterocycles. The number of hydrogen-bond acceptors (Lipinski definition) is 2. The van der Waals surface area contributed by atoms with E-state index >= 15 is 0 Å². The maximum absolute atomic E-state index is 13.0. The molecule has 1 aliphatic heterocycles. The molecule has 0 bridgehead atoms. The Morgan fingerprint density at radius 2 is 2.24 bits per heavy atom. The lowest BCUT2D eigenvalue weighted by atomic mass is 9.88. The fraction of sp³-hybridized carbons (Fsp3) is 0.538. The second kappa shape index (κ2) is 5.45. The predicted octanol–water partition coefficient (Wildman–Crippen LogP) is 3.10. The second-order valence-corrected chi connectivity index (χ2v) is 4.34. The van der Waals surface area contributed by atoms with Crippen LogP contribution in [0.3, 0.4) is 0 Å². The molecule has 17 heavy (non-hydrogen) atoms. The van der Waals surface area contributed by atoms with Crippen molar-refractivity contribution in [1.82, 2.24) is 5.32 Å². The number of ether oxygens (including phenoxy) is 1. The molecule has 1 aliphatic rings. The summed E-state index contributed by atoms with van der Waals surface area (Å²) in [6, 6.07) is 4.83. The fourth-order valence-corrected chi connectivity index (χ4v) is 2.35. The van der Waals surface area contributed by atoms with Crippen molar-refractivity contribution in [3.63, 3.8) is 0 Å². The van der Waals surface area contributed by atoms with E-state index in [1.54, 1.807) is 19.2 Å². The number of nitrogens with one attached hydrogen (secondary N) is 1. The Hall–Kier alpha value is -1.16. The Morgan fingerprint density at radius 1 is 1.41 bits per heavy atom. The highest BCUT2D eigenvalue weighted by Gasteiger charge is 2.22. The van der Waals surface area contributed by atoms with Crippen LogP contribution < -0.4 is 10.1 Å². The third kappa shape index (κ3) is 2.75. The van der Waals surface area contributed by atoms with Crippen molar-refractivity contribution in [2.24, 2.45) is 0 Å². The van der Waals surface area contributed by atoms with Crippen LogP contribution in [0.25, 0.3) is 0 Å². The van der Waals surface area contributed by atoms with Crippen LogP contribution in [0, 0.1) is 0 Å². The van der Waals surface area contributed by atoms with Gasteiger partial charge in [-0.3, -0.25) is 0 Å². The molecule has 1 atom stereocenters. The van der Waals surface area contributed by atoms with Crippen LogP contribution in [0.1, 0.15) is 36.3 Å². The summed E-state index contributed by atoms with van der Waals surface area (Å²) in [6.45, 7) is 1.75. The van der Waals surface area contributed by atoms with E-state index in [9.17, 15) is 8.78 Å². The summed E-state index contributed by atoms with van der Waals surface area (Å²) in [6.07, 6.45) is -0.428. The molecule has 2 rings (SSSR count). The molecule has 1 saturated heterocycles. The number of benzene rings is 1. The summed E-state index contributed by atoms with van der Waals surface area (Å²) in [4.78, 5) is 0. The Morgan fingerprint density at radius 3 is 2.82 bits per heavy atom. The van der Waals surface area contributed by atoms with E-state index in [1.165, 1.54) is 6.07 Å². The number of hydrogen-bond donors (Lipinski definition) is 1. The second-order valence-electron chi connectivity index (χ2n) is 4.34. The van der Waals surface area contributed by atoms with Crippen molar-refractivity contribution >= 4 is 0 Å². The minimum Gasteiger partial charge on any atom is -0.497 e. The van der Waals surface area contributed by atoms with Gasteiger partial charge in [-0.25, -0.2) is 8.78 Å². The van der Waals surface area contributed by atoms with Crippen molar-refractivity contribution in [3.8, 4) is 5.75 Å². The zero-order valence-corrected chi connectivity index (χ0v) is 9.88. The minimum atomic E-state index is -2.42. The van der Waals surface area contributed by atoms with Gasteiger partial charge >= 0.3 is 0 Å². The molecule has 1 aromatic rings. The highest BCUT2D eigenvalue weighted by Crippen LogP contribution is 2.34. The molecule has 0 saturated carbocycles. The van der Waals surface area contributed by atoms with E-state index in [0.29, 0.717) is 5.75 Å². The van der Waals surface area contributed by atoms with E-state index in [-0.39, 0.29) is 11.5 Å². The van der Waals surface area contributed by atoms with Crippen LogP contribution in [0.5, 0.6) is 5.75 Å². The first-order valence-corrected chi connectivity index (χ1v) is 5.89. The number of halogens is 2. The van der Waals surface area contributed by atoms with Gasteiger partial charge in [0.25, 0.3) is 6.43 Å². The third-order valence-corrected chi connectivity index (χ3v) is 3.27. The normalized spacial score (nSPS) is 20.6. The van der Waals surface area contributed by atoms with Crippen molar-refractivity contribution in [3.05, 3.63) is 29.3 Å². The van der Waals surface area contributed by atoms with Gasteiger partial charge < -0.3 is 10.1 Å². The molecule has 1 N–H and O–H groups in total. The third-order valence-electron chi connectivity index (χ3n) is 3.27. The van der Waals surface area contributed by atoms with Crippen molar-refractivity contribution < 1.29 is 13.5 Å². The first kappa shape index (κ1) is 12.3. The summed E-state index contributed by atoms with van der Waals surface area (Å²) in [7, 11) is 1.56. The Labute approximate surface area is 100.0 Å². The smallest absolute Gasteiger partial charge is 0.264 e. The van der Waals surface area contributed by atoms with Gasteiger partial charge in [-0.1, -0.05) is 0 Å². The monoisotopic (exact) mass is 241 g/mol. The zero-order chi connectivity index (χ0) is 12.3. The topological polar surface area (TPSA) is 21.3 Å². The van der Waals surface area contributed by atoms with Crippen LogP contribution in [0.2, 0.25) is 0 Å². The highest BCUT2D eigenvalue weighted by atomic mass is 19.3. The number of rotatable bonds is 3. The largest absolute Gasteiger partial charge is 0.497 e. The van der Waals surface area contributed by atoms with Gasteiger partial charge in [-0.15, -0.1) is 0 Å². The summed E-state index contributed by atoms with van der Waals surface area (Å²) in [5, 5.41) is 3.25. The number of piperidine rings is 1. The molecule has 0 aliphatic carbocycles. The van der Waals surface area contributed by atoms with Crippen LogP contribution in [0.15, 0.2) is 18.2 Å². The molecule has 0 amide bonds. The van der Waals surface area contributed by atoms with E-state index in [0.717, 1.165) is 31.5 Å². The lowest BCUT2D eigenvalue weighted by molar-refractivity contribution is 0.149. The lowest BCUT2D eigenvalue weighted by Crippen LogP contribution is -2.29. The molecule has 1 fully saturated rings. The van der Waals surface area contributed by atoms with Gasteiger partial charge in [0.05, 0.1) is 7.11 Å².